The molecular formula is C26H26N2O3. The first-order valence-electron chi connectivity index (χ1n) is 10.7. The molecule has 0 amide bonds. The molecule has 2 heterocycles. The number of carbonyl (C=O) groups excluding carboxylic acids is 1. The van der Waals surface area contributed by atoms with Gasteiger partial charge in [0.1, 0.15) is 0 Å². The van der Waals surface area contributed by atoms with Gasteiger partial charge in [0.05, 0.1) is 18.2 Å². The monoisotopic (exact) mass is 414 g/mol. The standard InChI is InChI=1S/C26H26N2O3/c1-4-31-22-12-15(7-10-20(22)29)25-24-17(13-26(2,3)14-21(24)30)23-16-6-5-11-27-18(16)8-9-19(23)28-25/h5-12,25,28-29H,4,13-14H2,1-3H3. The number of pyridine rings is 1. The molecule has 1 aromatic heterocycles. The van der Waals surface area contributed by atoms with E-state index in [2.05, 4.69) is 36.3 Å². The third-order valence-corrected chi connectivity index (χ3v) is 6.21. The van der Waals surface area contributed by atoms with E-state index in [1.165, 1.54) is 0 Å². The summed E-state index contributed by atoms with van der Waals surface area (Å²) in [6, 6.07) is 13.1. The molecule has 0 saturated carbocycles. The Labute approximate surface area is 181 Å². The van der Waals surface area contributed by atoms with Crippen LogP contribution in [0.15, 0.2) is 54.2 Å². The summed E-state index contributed by atoms with van der Waals surface area (Å²) in [4.78, 5) is 18.0. The second kappa shape index (κ2) is 7.12. The van der Waals surface area contributed by atoms with Crippen molar-refractivity contribution in [2.24, 2.45) is 5.41 Å². The zero-order valence-corrected chi connectivity index (χ0v) is 18.0. The van der Waals surface area contributed by atoms with Crippen molar-refractivity contribution in [1.82, 2.24) is 4.98 Å². The van der Waals surface area contributed by atoms with Gasteiger partial charge in [-0.05, 0) is 60.2 Å². The molecular weight excluding hydrogens is 388 g/mol. The molecule has 2 N–H and O–H groups in total. The lowest BCUT2D eigenvalue weighted by molar-refractivity contribution is -0.118. The number of aromatic hydroxyl groups is 1. The Morgan fingerprint density at radius 1 is 1.19 bits per heavy atom. The molecule has 3 aromatic rings. The van der Waals surface area contributed by atoms with Crippen LogP contribution in [0.25, 0.3) is 16.5 Å². The summed E-state index contributed by atoms with van der Waals surface area (Å²) >= 11 is 0. The van der Waals surface area contributed by atoms with Crippen molar-refractivity contribution in [3.05, 3.63) is 65.4 Å². The fraction of sp³-hybridized carbons (Fsp3) is 0.308. The van der Waals surface area contributed by atoms with Crippen molar-refractivity contribution in [3.8, 4) is 11.5 Å². The number of nitrogens with one attached hydrogen (secondary N) is 1. The highest BCUT2D eigenvalue weighted by Gasteiger charge is 2.41. The van der Waals surface area contributed by atoms with Crippen LogP contribution in [-0.4, -0.2) is 22.5 Å². The maximum Gasteiger partial charge on any atom is 0.162 e. The van der Waals surface area contributed by atoms with Crippen LogP contribution in [0.4, 0.5) is 5.69 Å². The third kappa shape index (κ3) is 3.25. The van der Waals surface area contributed by atoms with Crippen LogP contribution in [-0.2, 0) is 4.79 Å². The molecule has 158 valence electrons. The number of hydrogen-bond donors (Lipinski definition) is 2. The highest BCUT2D eigenvalue weighted by atomic mass is 16.5. The van der Waals surface area contributed by atoms with E-state index in [0.29, 0.717) is 18.8 Å². The lowest BCUT2D eigenvalue weighted by Gasteiger charge is -2.40. The topological polar surface area (TPSA) is 71.5 Å². The Morgan fingerprint density at radius 2 is 2.03 bits per heavy atom. The van der Waals surface area contributed by atoms with E-state index in [9.17, 15) is 9.90 Å². The number of nitrogens with zero attached hydrogens (tertiary/aromatic N) is 1. The van der Waals surface area contributed by atoms with Crippen molar-refractivity contribution in [1.29, 1.82) is 0 Å². The number of anilines is 1. The minimum Gasteiger partial charge on any atom is -0.504 e. The fourth-order valence-corrected chi connectivity index (χ4v) is 4.95. The second-order valence-electron chi connectivity index (χ2n) is 9.13. The number of allylic oxidation sites excluding steroid dienone is 1. The summed E-state index contributed by atoms with van der Waals surface area (Å²) in [5, 5.41) is 14.8. The summed E-state index contributed by atoms with van der Waals surface area (Å²) in [7, 11) is 0. The number of aromatic nitrogens is 1. The van der Waals surface area contributed by atoms with Crippen LogP contribution in [0.1, 0.15) is 50.8 Å². The molecule has 1 atom stereocenters. The van der Waals surface area contributed by atoms with Gasteiger partial charge in [0.15, 0.2) is 17.3 Å². The van der Waals surface area contributed by atoms with Crippen LogP contribution in [0, 0.1) is 5.41 Å². The lowest BCUT2D eigenvalue weighted by Crippen LogP contribution is -2.33. The number of ether oxygens (including phenoxy) is 1. The van der Waals surface area contributed by atoms with E-state index in [1.807, 2.05) is 31.2 Å². The molecule has 2 aromatic carbocycles. The van der Waals surface area contributed by atoms with Crippen LogP contribution < -0.4 is 10.1 Å². The summed E-state index contributed by atoms with van der Waals surface area (Å²) in [5.41, 5.74) is 5.72. The molecule has 5 heteroatoms. The minimum atomic E-state index is -0.292. The van der Waals surface area contributed by atoms with E-state index in [-0.39, 0.29) is 23.0 Å². The molecule has 5 nitrogen and oxygen atoms in total. The Balaban J connectivity index is 1.75. The van der Waals surface area contributed by atoms with Crippen LogP contribution in [0.2, 0.25) is 0 Å². The number of phenolic OH excluding ortho intramolecular Hbond substituents is 1. The molecule has 1 unspecified atom stereocenters. The van der Waals surface area contributed by atoms with Gasteiger partial charge in [0.25, 0.3) is 0 Å². The number of carbonyl (C=O) groups is 1. The highest BCUT2D eigenvalue weighted by Crippen LogP contribution is 2.52. The van der Waals surface area contributed by atoms with E-state index in [1.54, 1.807) is 12.3 Å². The Hall–Kier alpha value is -3.34. The van der Waals surface area contributed by atoms with Gasteiger partial charge < -0.3 is 15.2 Å². The smallest absolute Gasteiger partial charge is 0.162 e. The molecule has 1 aliphatic carbocycles. The number of hydrogen-bond acceptors (Lipinski definition) is 5. The number of rotatable bonds is 3. The summed E-state index contributed by atoms with van der Waals surface area (Å²) < 4.78 is 5.60. The maximum atomic E-state index is 13.5. The highest BCUT2D eigenvalue weighted by molar-refractivity contribution is 6.12. The minimum absolute atomic E-state index is 0.101. The first kappa shape index (κ1) is 19.6. The van der Waals surface area contributed by atoms with Gasteiger partial charge in [-0.25, -0.2) is 0 Å². The van der Waals surface area contributed by atoms with Gasteiger partial charge >= 0.3 is 0 Å². The van der Waals surface area contributed by atoms with Gasteiger partial charge in [-0.1, -0.05) is 26.0 Å². The lowest BCUT2D eigenvalue weighted by atomic mass is 9.68. The summed E-state index contributed by atoms with van der Waals surface area (Å²) in [6.45, 7) is 6.65. The van der Waals surface area contributed by atoms with Crippen molar-refractivity contribution in [3.63, 3.8) is 0 Å². The Kier molecular flexibility index (Phi) is 4.50. The number of Topliss-reactive ketones (excluding diaryl/α,β-unsaturated/α-hetero) is 1. The van der Waals surface area contributed by atoms with Gasteiger partial charge in [-0.15, -0.1) is 0 Å². The summed E-state index contributed by atoms with van der Waals surface area (Å²) in [6.07, 6.45) is 3.13. The molecule has 0 radical (unpaired) electrons. The maximum absolute atomic E-state index is 13.5. The largest absolute Gasteiger partial charge is 0.504 e. The Morgan fingerprint density at radius 3 is 2.84 bits per heavy atom. The SMILES string of the molecule is CCOc1cc(C2Nc3ccc4ncccc4c3C3=C2C(=O)CC(C)(C)C3)ccc1O. The van der Waals surface area contributed by atoms with E-state index >= 15 is 0 Å². The van der Waals surface area contributed by atoms with Gasteiger partial charge in [-0.3, -0.25) is 9.78 Å². The fourth-order valence-electron chi connectivity index (χ4n) is 4.95. The van der Waals surface area contributed by atoms with Crippen LogP contribution >= 0.6 is 0 Å². The van der Waals surface area contributed by atoms with E-state index < -0.39 is 0 Å². The number of ketones is 1. The zero-order valence-electron chi connectivity index (χ0n) is 18.0. The Bertz CT molecular complexity index is 1240. The van der Waals surface area contributed by atoms with Crippen LogP contribution in [0.5, 0.6) is 11.5 Å². The molecule has 0 bridgehead atoms. The number of phenols is 1. The third-order valence-electron chi connectivity index (χ3n) is 6.21. The molecule has 1 aliphatic heterocycles. The zero-order chi connectivity index (χ0) is 21.8. The number of fused-ring (bicyclic) bond motifs is 4. The van der Waals surface area contributed by atoms with Crippen molar-refractivity contribution in [2.45, 2.75) is 39.7 Å². The quantitative estimate of drug-likeness (QED) is 0.580. The van der Waals surface area contributed by atoms with Crippen molar-refractivity contribution >= 4 is 27.9 Å². The average Bonchev–Trinajstić information content (AvgIpc) is 2.73. The molecule has 0 spiro atoms. The molecule has 0 fully saturated rings. The van der Waals surface area contributed by atoms with Crippen molar-refractivity contribution in [2.75, 3.05) is 11.9 Å². The summed E-state index contributed by atoms with van der Waals surface area (Å²) in [5.74, 6) is 0.701. The molecule has 5 rings (SSSR count). The second-order valence-corrected chi connectivity index (χ2v) is 9.13. The first-order chi connectivity index (χ1) is 14.9. The predicted octanol–water partition coefficient (Wildman–Crippen LogP) is 5.65. The predicted molar refractivity (Wildman–Crippen MR) is 122 cm³/mol. The molecule has 31 heavy (non-hydrogen) atoms. The van der Waals surface area contributed by atoms with Gasteiger partial charge in [0, 0.05) is 34.8 Å². The van der Waals surface area contributed by atoms with Crippen LogP contribution in [0.3, 0.4) is 0 Å². The van der Waals surface area contributed by atoms with Crippen molar-refractivity contribution < 1.29 is 14.6 Å². The van der Waals surface area contributed by atoms with E-state index in [4.69, 9.17) is 4.74 Å². The molecule has 2 aliphatic rings. The normalized spacial score (nSPS) is 19.6. The average molecular weight is 415 g/mol. The van der Waals surface area contributed by atoms with Gasteiger partial charge in [-0.2, -0.15) is 0 Å². The number of benzene rings is 2. The molecule has 0 saturated heterocycles. The first-order valence-corrected chi connectivity index (χ1v) is 10.7. The van der Waals surface area contributed by atoms with E-state index in [0.717, 1.165) is 45.3 Å². The van der Waals surface area contributed by atoms with Gasteiger partial charge in [0.2, 0.25) is 0 Å².